The van der Waals surface area contributed by atoms with Gasteiger partial charge in [0.15, 0.2) is 0 Å². The molecule has 0 saturated carbocycles. The van der Waals surface area contributed by atoms with Crippen LogP contribution in [-0.2, 0) is 0 Å². The van der Waals surface area contributed by atoms with Gasteiger partial charge < -0.3 is 0 Å². The summed E-state index contributed by atoms with van der Waals surface area (Å²) in [7, 11) is 0. The van der Waals surface area contributed by atoms with Crippen LogP contribution in [0.4, 0.5) is 11.4 Å². The number of nitrogens with zero attached hydrogens (tertiary/aromatic N) is 3. The maximum absolute atomic E-state index is 4.64. The van der Waals surface area contributed by atoms with Gasteiger partial charge in [0.05, 0.1) is 22.8 Å². The van der Waals surface area contributed by atoms with E-state index in [1.165, 1.54) is 0 Å². The topological polar surface area (TPSA) is 37.1 Å². The fraction of sp³-hybridized carbons (Fsp3) is 0.0556. The molecule has 0 aliphatic heterocycles. The highest BCUT2D eigenvalue weighted by Crippen LogP contribution is 2.25. The maximum Gasteiger partial charge on any atom is 0.0704 e. The van der Waals surface area contributed by atoms with Gasteiger partial charge in [-0.05, 0) is 61.2 Å². The number of aliphatic imine (C=N–C) groups is 3. The van der Waals surface area contributed by atoms with Gasteiger partial charge in [-0.25, -0.2) is 4.99 Å². The molecule has 0 bridgehead atoms. The van der Waals surface area contributed by atoms with Crippen LogP contribution in [0, 0.1) is 6.92 Å². The lowest BCUT2D eigenvalue weighted by Gasteiger charge is -2.09. The van der Waals surface area contributed by atoms with E-state index < -0.39 is 0 Å². The molecule has 1 aromatic rings. The quantitative estimate of drug-likeness (QED) is 0.716. The summed E-state index contributed by atoms with van der Waals surface area (Å²) in [5.74, 6) is 0. The van der Waals surface area contributed by atoms with E-state index in [9.17, 15) is 0 Å². The summed E-state index contributed by atoms with van der Waals surface area (Å²) >= 11 is 0. The molecule has 2 rings (SSSR count). The predicted octanol–water partition coefficient (Wildman–Crippen LogP) is 4.67. The zero-order chi connectivity index (χ0) is 15.2. The Labute approximate surface area is 125 Å². The van der Waals surface area contributed by atoms with Gasteiger partial charge in [0.1, 0.15) is 0 Å². The van der Waals surface area contributed by atoms with Crippen LogP contribution in [-0.4, -0.2) is 18.6 Å². The molecule has 1 aliphatic rings. The fourth-order valence-corrected chi connectivity index (χ4v) is 1.89. The minimum Gasteiger partial charge on any atom is -0.265 e. The van der Waals surface area contributed by atoms with Crippen molar-refractivity contribution in [2.45, 2.75) is 6.92 Å². The standard InChI is InChI=1S/C18H17N3/c1-5-10-20-16-7-9-18(14(3)12-16)21-17-8-6-15(19-4)11-13(17)2/h5-12H,1,3-4H2,2H3. The molecule has 21 heavy (non-hydrogen) atoms. The van der Waals surface area contributed by atoms with E-state index >= 15 is 0 Å². The average molecular weight is 275 g/mol. The predicted molar refractivity (Wildman–Crippen MR) is 92.5 cm³/mol. The molecule has 1 aliphatic carbocycles. The van der Waals surface area contributed by atoms with Crippen LogP contribution >= 0.6 is 0 Å². The molecule has 0 aromatic heterocycles. The van der Waals surface area contributed by atoms with Gasteiger partial charge in [-0.2, -0.15) is 0 Å². The largest absolute Gasteiger partial charge is 0.265 e. The summed E-state index contributed by atoms with van der Waals surface area (Å²) in [4.78, 5) is 12.8. The van der Waals surface area contributed by atoms with Crippen LogP contribution in [0.15, 0.2) is 81.9 Å². The molecular weight excluding hydrogens is 258 g/mol. The summed E-state index contributed by atoms with van der Waals surface area (Å²) in [5, 5.41) is 0. The van der Waals surface area contributed by atoms with Crippen molar-refractivity contribution in [3.05, 3.63) is 72.5 Å². The van der Waals surface area contributed by atoms with Gasteiger partial charge in [0.2, 0.25) is 0 Å². The first kappa shape index (κ1) is 14.6. The Bertz CT molecular complexity index is 716. The van der Waals surface area contributed by atoms with Crippen LogP contribution in [0.1, 0.15) is 5.56 Å². The van der Waals surface area contributed by atoms with E-state index in [2.05, 4.69) is 34.9 Å². The zero-order valence-corrected chi connectivity index (χ0v) is 12.1. The minimum atomic E-state index is 0.829. The van der Waals surface area contributed by atoms with Gasteiger partial charge >= 0.3 is 0 Å². The second kappa shape index (κ2) is 6.57. The van der Waals surface area contributed by atoms with E-state index in [1.54, 1.807) is 12.3 Å². The minimum absolute atomic E-state index is 0.829. The van der Waals surface area contributed by atoms with E-state index in [1.807, 2.05) is 43.4 Å². The van der Waals surface area contributed by atoms with Crippen molar-refractivity contribution < 1.29 is 0 Å². The van der Waals surface area contributed by atoms with Crippen LogP contribution in [0.5, 0.6) is 0 Å². The second-order valence-corrected chi connectivity index (χ2v) is 4.57. The third-order valence-electron chi connectivity index (χ3n) is 3.00. The molecule has 1 aromatic carbocycles. The molecule has 0 saturated heterocycles. The Morgan fingerprint density at radius 1 is 1.19 bits per heavy atom. The lowest BCUT2D eigenvalue weighted by Crippen LogP contribution is -2.00. The highest BCUT2D eigenvalue weighted by atomic mass is 14.8. The number of hydrogen-bond acceptors (Lipinski definition) is 3. The first-order valence-corrected chi connectivity index (χ1v) is 6.54. The Kier molecular flexibility index (Phi) is 4.57. The SMILES string of the molecule is C=CC=NC1=CC(=C)C(=Nc2ccc(N=C)cc2C)C=C1. The number of hydrogen-bond donors (Lipinski definition) is 0. The van der Waals surface area contributed by atoms with Gasteiger partial charge in [0, 0.05) is 6.21 Å². The zero-order valence-electron chi connectivity index (χ0n) is 12.1. The van der Waals surface area contributed by atoms with Crippen molar-refractivity contribution in [2.75, 3.05) is 0 Å². The first-order valence-electron chi connectivity index (χ1n) is 6.54. The monoisotopic (exact) mass is 275 g/mol. The van der Waals surface area contributed by atoms with E-state index in [-0.39, 0.29) is 0 Å². The summed E-state index contributed by atoms with van der Waals surface area (Å²) in [5.41, 5.74) is 5.29. The summed E-state index contributed by atoms with van der Waals surface area (Å²) < 4.78 is 0. The average Bonchev–Trinajstić information content (AvgIpc) is 2.49. The smallest absolute Gasteiger partial charge is 0.0704 e. The van der Waals surface area contributed by atoms with Gasteiger partial charge in [0.25, 0.3) is 0 Å². The number of aryl methyl sites for hydroxylation is 1. The van der Waals surface area contributed by atoms with Crippen LogP contribution in [0.2, 0.25) is 0 Å². The number of allylic oxidation sites excluding steroid dienone is 5. The fourth-order valence-electron chi connectivity index (χ4n) is 1.89. The molecule has 3 nitrogen and oxygen atoms in total. The molecule has 0 heterocycles. The molecule has 0 N–H and O–H groups in total. The molecule has 0 amide bonds. The molecule has 0 unspecified atom stereocenters. The Balaban J connectivity index is 2.28. The Hall–Kier alpha value is -2.81. The second-order valence-electron chi connectivity index (χ2n) is 4.57. The van der Waals surface area contributed by atoms with Gasteiger partial charge in [-0.1, -0.05) is 19.2 Å². The molecule has 0 spiro atoms. The van der Waals surface area contributed by atoms with Crippen molar-refractivity contribution in [3.8, 4) is 0 Å². The third-order valence-corrected chi connectivity index (χ3v) is 3.00. The van der Waals surface area contributed by atoms with Crippen molar-refractivity contribution in [1.29, 1.82) is 0 Å². The van der Waals surface area contributed by atoms with Gasteiger partial charge in [-0.15, -0.1) is 0 Å². The number of benzene rings is 1. The lowest BCUT2D eigenvalue weighted by molar-refractivity contribution is 1.36. The molecule has 104 valence electrons. The highest BCUT2D eigenvalue weighted by molar-refractivity contribution is 6.12. The van der Waals surface area contributed by atoms with Crippen LogP contribution in [0.25, 0.3) is 0 Å². The summed E-state index contributed by atoms with van der Waals surface area (Å²) in [6, 6.07) is 5.78. The number of rotatable bonds is 4. The van der Waals surface area contributed by atoms with Crippen molar-refractivity contribution in [3.63, 3.8) is 0 Å². The van der Waals surface area contributed by atoms with E-state index in [4.69, 9.17) is 0 Å². The molecular formula is C18H17N3. The highest BCUT2D eigenvalue weighted by Gasteiger charge is 2.07. The van der Waals surface area contributed by atoms with Crippen molar-refractivity contribution in [1.82, 2.24) is 0 Å². The van der Waals surface area contributed by atoms with Crippen LogP contribution in [0.3, 0.4) is 0 Å². The van der Waals surface area contributed by atoms with Crippen molar-refractivity contribution >= 4 is 30.0 Å². The van der Waals surface area contributed by atoms with E-state index in [0.717, 1.165) is 33.9 Å². The van der Waals surface area contributed by atoms with Crippen LogP contribution < -0.4 is 0 Å². The Morgan fingerprint density at radius 3 is 2.62 bits per heavy atom. The van der Waals surface area contributed by atoms with E-state index in [0.29, 0.717) is 0 Å². The molecule has 3 heteroatoms. The third kappa shape index (κ3) is 3.60. The normalized spacial score (nSPS) is 16.3. The lowest BCUT2D eigenvalue weighted by atomic mass is 10.0. The summed E-state index contributed by atoms with van der Waals surface area (Å²) in [6.07, 6.45) is 9.00. The maximum atomic E-state index is 4.64. The molecule has 0 atom stereocenters. The van der Waals surface area contributed by atoms with Crippen molar-refractivity contribution in [2.24, 2.45) is 15.0 Å². The summed E-state index contributed by atoms with van der Waals surface area (Å²) in [6.45, 7) is 13.1. The van der Waals surface area contributed by atoms with Gasteiger partial charge in [-0.3, -0.25) is 9.98 Å². The first-order chi connectivity index (χ1) is 10.1. The Morgan fingerprint density at radius 2 is 2.00 bits per heavy atom. The molecule has 0 radical (unpaired) electrons. The molecule has 0 fully saturated rings.